The molecule has 0 spiro atoms. The van der Waals surface area contributed by atoms with Gasteiger partial charge in [-0.15, -0.1) is 29.3 Å². The van der Waals surface area contributed by atoms with Gasteiger partial charge in [0, 0.05) is 22.8 Å². The molecule has 2 aromatic heterocycles. The smallest absolute Gasteiger partial charge is 0.234 e. The van der Waals surface area contributed by atoms with Crippen molar-refractivity contribution in [2.75, 3.05) is 13.1 Å². The topological polar surface area (TPSA) is 32.3 Å². The Kier molecular flexibility index (Phi) is 6.98. The lowest BCUT2D eigenvalue weighted by Crippen LogP contribution is -2.38. The third-order valence-corrected chi connectivity index (χ3v) is 6.06. The second-order valence-corrected chi connectivity index (χ2v) is 8.48. The molecule has 0 bridgehead atoms. The Labute approximate surface area is 169 Å². The molecule has 140 valence electrons. The Morgan fingerprint density at radius 1 is 1.15 bits per heavy atom. The van der Waals surface area contributed by atoms with E-state index >= 15 is 0 Å². The van der Waals surface area contributed by atoms with Crippen LogP contribution < -0.4 is 5.32 Å². The number of nitrogens with one attached hydrogen (secondary N) is 1. The fourth-order valence-corrected chi connectivity index (χ4v) is 4.48. The lowest BCUT2D eigenvalue weighted by atomic mass is 10.0. The number of carbonyl (C=O) groups is 1. The number of hydrogen-bond acceptors (Lipinski definition) is 4. The van der Waals surface area contributed by atoms with Crippen molar-refractivity contribution in [1.82, 2.24) is 10.2 Å². The molecule has 0 aliphatic heterocycles. The van der Waals surface area contributed by atoms with Crippen LogP contribution in [0, 0.1) is 6.92 Å². The minimum atomic E-state index is -0.120. The summed E-state index contributed by atoms with van der Waals surface area (Å²) in [6, 6.07) is 16.5. The first kappa shape index (κ1) is 19.5. The Morgan fingerprint density at radius 2 is 1.89 bits per heavy atom. The van der Waals surface area contributed by atoms with Gasteiger partial charge >= 0.3 is 0 Å². The lowest BCUT2D eigenvalue weighted by Gasteiger charge is -2.23. The molecule has 1 unspecified atom stereocenters. The summed E-state index contributed by atoms with van der Waals surface area (Å²) in [5.74, 6) is 0.0207. The highest BCUT2D eigenvalue weighted by atomic mass is 32.1. The maximum Gasteiger partial charge on any atom is 0.234 e. The second kappa shape index (κ2) is 9.65. The number of thiophene rings is 2. The Bertz CT molecular complexity index is 839. The second-order valence-electron chi connectivity index (χ2n) is 6.46. The molecule has 2 heterocycles. The van der Waals surface area contributed by atoms with Gasteiger partial charge in [0.05, 0.1) is 12.6 Å². The summed E-state index contributed by atoms with van der Waals surface area (Å²) in [7, 11) is 0. The highest BCUT2D eigenvalue weighted by Crippen LogP contribution is 2.26. The number of carbonyl (C=O) groups excluding carboxylic acids is 1. The summed E-state index contributed by atoms with van der Waals surface area (Å²) in [5.41, 5.74) is 2.31. The maximum atomic E-state index is 12.8. The van der Waals surface area contributed by atoms with Gasteiger partial charge in [-0.05, 0) is 35.4 Å². The molecule has 5 heteroatoms. The average molecular weight is 397 g/mol. The SMILES string of the molecule is C=CCN(CC(=O)NC(c1ccc(C)cc1)c1cccs1)Cc1cccs1. The molecule has 0 aliphatic rings. The van der Waals surface area contributed by atoms with Crippen molar-refractivity contribution in [3.63, 3.8) is 0 Å². The van der Waals surface area contributed by atoms with Gasteiger partial charge < -0.3 is 5.32 Å². The van der Waals surface area contributed by atoms with E-state index in [1.54, 1.807) is 22.7 Å². The lowest BCUT2D eigenvalue weighted by molar-refractivity contribution is -0.122. The van der Waals surface area contributed by atoms with Crippen LogP contribution in [0.5, 0.6) is 0 Å². The zero-order chi connectivity index (χ0) is 19.1. The average Bonchev–Trinajstić information content (AvgIpc) is 3.35. The molecule has 1 amide bonds. The summed E-state index contributed by atoms with van der Waals surface area (Å²) < 4.78 is 0. The zero-order valence-corrected chi connectivity index (χ0v) is 17.1. The molecule has 3 aromatic rings. The van der Waals surface area contributed by atoms with Gasteiger partial charge in [-0.1, -0.05) is 48.0 Å². The summed E-state index contributed by atoms with van der Waals surface area (Å²) in [5, 5.41) is 7.33. The van der Waals surface area contributed by atoms with Gasteiger partial charge in [-0.2, -0.15) is 0 Å². The molecule has 0 radical (unpaired) electrons. The molecule has 1 atom stereocenters. The number of amides is 1. The van der Waals surface area contributed by atoms with Gasteiger partial charge in [-0.3, -0.25) is 9.69 Å². The summed E-state index contributed by atoms with van der Waals surface area (Å²) in [4.78, 5) is 17.3. The quantitative estimate of drug-likeness (QED) is 0.516. The third-order valence-electron chi connectivity index (χ3n) is 4.26. The fourth-order valence-electron chi connectivity index (χ4n) is 2.93. The van der Waals surface area contributed by atoms with Crippen molar-refractivity contribution in [3.05, 3.63) is 92.8 Å². The first-order chi connectivity index (χ1) is 13.2. The van der Waals surface area contributed by atoms with E-state index in [0.29, 0.717) is 13.1 Å². The highest BCUT2D eigenvalue weighted by Gasteiger charge is 2.19. The molecular weight excluding hydrogens is 372 g/mol. The van der Waals surface area contributed by atoms with Crippen molar-refractivity contribution in [1.29, 1.82) is 0 Å². The Hall–Kier alpha value is -2.21. The van der Waals surface area contributed by atoms with Gasteiger partial charge in [0.15, 0.2) is 0 Å². The Morgan fingerprint density at radius 3 is 2.52 bits per heavy atom. The molecule has 1 aromatic carbocycles. The largest absolute Gasteiger partial charge is 0.343 e. The third kappa shape index (κ3) is 5.63. The van der Waals surface area contributed by atoms with E-state index in [4.69, 9.17) is 0 Å². The van der Waals surface area contributed by atoms with Crippen LogP contribution in [0.25, 0.3) is 0 Å². The van der Waals surface area contributed by atoms with Crippen LogP contribution in [0.3, 0.4) is 0 Å². The molecule has 0 saturated carbocycles. The van der Waals surface area contributed by atoms with E-state index in [9.17, 15) is 4.79 Å². The number of hydrogen-bond donors (Lipinski definition) is 1. The van der Waals surface area contributed by atoms with Gasteiger partial charge in [-0.25, -0.2) is 0 Å². The van der Waals surface area contributed by atoms with E-state index in [2.05, 4.69) is 65.5 Å². The summed E-state index contributed by atoms with van der Waals surface area (Å²) in [6.45, 7) is 7.68. The number of rotatable bonds is 9. The normalized spacial score (nSPS) is 12.1. The fraction of sp³-hybridized carbons (Fsp3) is 0.227. The monoisotopic (exact) mass is 396 g/mol. The van der Waals surface area contributed by atoms with Crippen LogP contribution in [0.2, 0.25) is 0 Å². The summed E-state index contributed by atoms with van der Waals surface area (Å²) in [6.07, 6.45) is 1.84. The van der Waals surface area contributed by atoms with Crippen LogP contribution in [0.4, 0.5) is 0 Å². The first-order valence-electron chi connectivity index (χ1n) is 8.90. The number of benzene rings is 1. The predicted molar refractivity (Wildman–Crippen MR) is 115 cm³/mol. The molecule has 1 N–H and O–H groups in total. The minimum Gasteiger partial charge on any atom is -0.343 e. The standard InChI is InChI=1S/C22H24N2OS2/c1-3-12-24(15-19-6-4-13-26-19)16-21(25)23-22(20-7-5-14-27-20)18-10-8-17(2)9-11-18/h3-11,13-14,22H,1,12,15-16H2,2H3,(H,23,25). The van der Waals surface area contributed by atoms with Crippen molar-refractivity contribution in [2.24, 2.45) is 0 Å². The van der Waals surface area contributed by atoms with Crippen LogP contribution in [0.1, 0.15) is 26.9 Å². The Balaban J connectivity index is 1.71. The van der Waals surface area contributed by atoms with Crippen molar-refractivity contribution in [2.45, 2.75) is 19.5 Å². The predicted octanol–water partition coefficient (Wildman–Crippen LogP) is 5.01. The van der Waals surface area contributed by atoms with Crippen LogP contribution in [0.15, 0.2) is 71.9 Å². The van der Waals surface area contributed by atoms with Gasteiger partial charge in [0.25, 0.3) is 0 Å². The summed E-state index contributed by atoms with van der Waals surface area (Å²) >= 11 is 3.37. The van der Waals surface area contributed by atoms with E-state index in [0.717, 1.165) is 17.0 Å². The van der Waals surface area contributed by atoms with Crippen LogP contribution in [-0.2, 0) is 11.3 Å². The van der Waals surface area contributed by atoms with Crippen molar-refractivity contribution in [3.8, 4) is 0 Å². The molecular formula is C22H24N2OS2. The van der Waals surface area contributed by atoms with E-state index in [1.165, 1.54) is 10.4 Å². The van der Waals surface area contributed by atoms with Crippen LogP contribution >= 0.6 is 22.7 Å². The first-order valence-corrected chi connectivity index (χ1v) is 10.7. The molecule has 0 fully saturated rings. The van der Waals surface area contributed by atoms with Crippen molar-refractivity contribution < 1.29 is 4.79 Å². The maximum absolute atomic E-state index is 12.8. The van der Waals surface area contributed by atoms with Gasteiger partial charge in [0.2, 0.25) is 5.91 Å². The molecule has 3 rings (SSSR count). The van der Waals surface area contributed by atoms with E-state index < -0.39 is 0 Å². The minimum absolute atomic E-state index is 0.0207. The zero-order valence-electron chi connectivity index (χ0n) is 15.4. The molecule has 0 aliphatic carbocycles. The molecule has 27 heavy (non-hydrogen) atoms. The molecule has 3 nitrogen and oxygen atoms in total. The van der Waals surface area contributed by atoms with E-state index in [1.807, 2.05) is 23.6 Å². The van der Waals surface area contributed by atoms with E-state index in [-0.39, 0.29) is 11.9 Å². The molecule has 0 saturated heterocycles. The number of aryl methyl sites for hydroxylation is 1. The van der Waals surface area contributed by atoms with Gasteiger partial charge in [0.1, 0.15) is 0 Å². The van der Waals surface area contributed by atoms with Crippen LogP contribution in [-0.4, -0.2) is 23.9 Å². The number of nitrogens with zero attached hydrogens (tertiary/aromatic N) is 1. The van der Waals surface area contributed by atoms with Crippen molar-refractivity contribution >= 4 is 28.6 Å². The highest BCUT2D eigenvalue weighted by molar-refractivity contribution is 7.10.